The van der Waals surface area contributed by atoms with Gasteiger partial charge in [-0.2, -0.15) is 0 Å². The van der Waals surface area contributed by atoms with E-state index in [1.54, 1.807) is 18.4 Å². The van der Waals surface area contributed by atoms with Gasteiger partial charge in [0.25, 0.3) is 0 Å². The van der Waals surface area contributed by atoms with E-state index in [-0.39, 0.29) is 0 Å². The van der Waals surface area contributed by atoms with Crippen molar-refractivity contribution in [1.82, 2.24) is 4.98 Å². The van der Waals surface area contributed by atoms with Gasteiger partial charge in [-0.1, -0.05) is 6.07 Å². The molecule has 0 aliphatic heterocycles. The molecule has 0 N–H and O–H groups in total. The highest BCUT2D eigenvalue weighted by Gasteiger charge is 2.03. The van der Waals surface area contributed by atoms with Crippen LogP contribution in [0.5, 0.6) is 5.75 Å². The summed E-state index contributed by atoms with van der Waals surface area (Å²) in [6.45, 7) is 0. The molecule has 2 aromatic carbocycles. The first kappa shape index (κ1) is 8.68. The van der Waals surface area contributed by atoms with Gasteiger partial charge >= 0.3 is 0 Å². The first-order valence-corrected chi connectivity index (χ1v) is 5.56. The van der Waals surface area contributed by atoms with Gasteiger partial charge in [-0.3, -0.25) is 0 Å². The van der Waals surface area contributed by atoms with Crippen molar-refractivity contribution in [3.8, 4) is 5.75 Å². The highest BCUT2D eigenvalue weighted by molar-refractivity contribution is 7.16. The molecule has 0 aliphatic rings. The summed E-state index contributed by atoms with van der Waals surface area (Å²) in [5.41, 5.74) is 2.97. The zero-order valence-corrected chi connectivity index (χ0v) is 9.04. The molecule has 0 amide bonds. The van der Waals surface area contributed by atoms with Crippen molar-refractivity contribution in [2.75, 3.05) is 7.11 Å². The summed E-state index contributed by atoms with van der Waals surface area (Å²) >= 11 is 1.67. The topological polar surface area (TPSA) is 22.1 Å². The minimum absolute atomic E-state index is 0.886. The third-order valence-corrected chi connectivity index (χ3v) is 3.32. The van der Waals surface area contributed by atoms with Crippen LogP contribution in [-0.2, 0) is 0 Å². The smallest absolute Gasteiger partial charge is 0.119 e. The lowest BCUT2D eigenvalue weighted by molar-refractivity contribution is 0.415. The maximum Gasteiger partial charge on any atom is 0.119 e. The summed E-state index contributed by atoms with van der Waals surface area (Å²) in [7, 11) is 1.68. The maximum atomic E-state index is 5.20. The Bertz CT molecular complexity index is 630. The van der Waals surface area contributed by atoms with Gasteiger partial charge in [0.05, 0.1) is 22.8 Å². The van der Waals surface area contributed by atoms with Crippen molar-refractivity contribution in [3.63, 3.8) is 0 Å². The molecule has 0 spiro atoms. The Hall–Kier alpha value is -1.61. The Labute approximate surface area is 91.1 Å². The molecule has 0 bridgehead atoms. The van der Waals surface area contributed by atoms with E-state index in [9.17, 15) is 0 Å². The summed E-state index contributed by atoms with van der Waals surface area (Å²) < 4.78 is 6.43. The lowest BCUT2D eigenvalue weighted by atomic mass is 10.1. The second-order valence-corrected chi connectivity index (χ2v) is 4.24. The third-order valence-electron chi connectivity index (χ3n) is 2.52. The highest BCUT2D eigenvalue weighted by atomic mass is 32.1. The van der Waals surface area contributed by atoms with Crippen LogP contribution in [0.15, 0.2) is 35.8 Å². The van der Waals surface area contributed by atoms with Crippen molar-refractivity contribution in [2.45, 2.75) is 0 Å². The van der Waals surface area contributed by atoms with E-state index >= 15 is 0 Å². The van der Waals surface area contributed by atoms with Crippen molar-refractivity contribution < 1.29 is 4.74 Å². The summed E-state index contributed by atoms with van der Waals surface area (Å²) in [6, 6.07) is 10.3. The molecule has 0 saturated carbocycles. The van der Waals surface area contributed by atoms with Crippen LogP contribution in [0.4, 0.5) is 0 Å². The number of thiazole rings is 1. The van der Waals surface area contributed by atoms with E-state index in [0.717, 1.165) is 11.3 Å². The van der Waals surface area contributed by atoms with Crippen molar-refractivity contribution >= 4 is 32.3 Å². The summed E-state index contributed by atoms with van der Waals surface area (Å²) in [6.07, 6.45) is 0. The summed E-state index contributed by atoms with van der Waals surface area (Å²) in [5.74, 6) is 0.886. The van der Waals surface area contributed by atoms with Crippen LogP contribution in [-0.4, -0.2) is 12.1 Å². The molecule has 3 heteroatoms. The van der Waals surface area contributed by atoms with Gasteiger partial charge in [0.1, 0.15) is 5.75 Å². The van der Waals surface area contributed by atoms with Crippen LogP contribution in [0.3, 0.4) is 0 Å². The van der Waals surface area contributed by atoms with E-state index in [1.807, 2.05) is 17.6 Å². The second-order valence-electron chi connectivity index (χ2n) is 3.35. The Kier molecular flexibility index (Phi) is 1.86. The lowest BCUT2D eigenvalue weighted by Crippen LogP contribution is -1.82. The second kappa shape index (κ2) is 3.21. The molecule has 2 nitrogen and oxygen atoms in total. The zero-order valence-electron chi connectivity index (χ0n) is 8.23. The standard InChI is InChI=1S/C12H9NOS/c1-14-9-3-4-10-8(6-9)2-5-11-12(10)13-7-15-11/h2-7H,1H3. The number of benzene rings is 2. The number of aromatic nitrogens is 1. The molecule has 0 radical (unpaired) electrons. The summed E-state index contributed by atoms with van der Waals surface area (Å²) in [5, 5.41) is 2.36. The first-order valence-electron chi connectivity index (χ1n) is 4.68. The SMILES string of the molecule is COc1ccc2c(ccc3scnc32)c1. The van der Waals surface area contributed by atoms with Crippen molar-refractivity contribution in [2.24, 2.45) is 0 Å². The molecule has 15 heavy (non-hydrogen) atoms. The van der Waals surface area contributed by atoms with Crippen molar-refractivity contribution in [3.05, 3.63) is 35.8 Å². The van der Waals surface area contributed by atoms with E-state index in [2.05, 4.69) is 23.2 Å². The van der Waals surface area contributed by atoms with Gasteiger partial charge in [0.15, 0.2) is 0 Å². The molecular formula is C12H9NOS. The molecule has 0 unspecified atom stereocenters. The van der Waals surface area contributed by atoms with Gasteiger partial charge < -0.3 is 4.74 Å². The normalized spacial score (nSPS) is 11.0. The van der Waals surface area contributed by atoms with E-state index in [4.69, 9.17) is 4.74 Å². The lowest BCUT2D eigenvalue weighted by Gasteiger charge is -2.02. The van der Waals surface area contributed by atoms with Crippen LogP contribution < -0.4 is 4.74 Å². The number of fused-ring (bicyclic) bond motifs is 3. The van der Waals surface area contributed by atoms with Gasteiger partial charge in [-0.05, 0) is 29.7 Å². The molecule has 1 heterocycles. The number of methoxy groups -OCH3 is 1. The van der Waals surface area contributed by atoms with Crippen molar-refractivity contribution in [1.29, 1.82) is 0 Å². The maximum absolute atomic E-state index is 5.20. The molecule has 3 aromatic rings. The fourth-order valence-electron chi connectivity index (χ4n) is 1.76. The Morgan fingerprint density at radius 2 is 2.13 bits per heavy atom. The Morgan fingerprint density at radius 1 is 1.20 bits per heavy atom. The number of hydrogen-bond donors (Lipinski definition) is 0. The number of ether oxygens (including phenoxy) is 1. The van der Waals surface area contributed by atoms with Crippen LogP contribution >= 0.6 is 11.3 Å². The number of nitrogens with zero attached hydrogens (tertiary/aromatic N) is 1. The Balaban J connectivity index is 2.44. The molecule has 0 fully saturated rings. The molecule has 0 saturated heterocycles. The molecule has 0 atom stereocenters. The minimum Gasteiger partial charge on any atom is -0.497 e. The average molecular weight is 215 g/mol. The largest absolute Gasteiger partial charge is 0.497 e. The van der Waals surface area contributed by atoms with E-state index in [1.165, 1.54) is 15.5 Å². The first-order chi connectivity index (χ1) is 7.38. The zero-order chi connectivity index (χ0) is 10.3. The predicted octanol–water partition coefficient (Wildman–Crippen LogP) is 3.46. The minimum atomic E-state index is 0.886. The fraction of sp³-hybridized carbons (Fsp3) is 0.0833. The fourth-order valence-corrected chi connectivity index (χ4v) is 2.46. The number of rotatable bonds is 1. The van der Waals surface area contributed by atoms with Crippen LogP contribution in [0.25, 0.3) is 21.0 Å². The van der Waals surface area contributed by atoms with Gasteiger partial charge in [-0.15, -0.1) is 11.3 Å². The molecule has 1 aromatic heterocycles. The van der Waals surface area contributed by atoms with Crippen LogP contribution in [0.2, 0.25) is 0 Å². The third kappa shape index (κ3) is 1.27. The Morgan fingerprint density at radius 3 is 3.00 bits per heavy atom. The van der Waals surface area contributed by atoms with Gasteiger partial charge in [-0.25, -0.2) is 4.98 Å². The van der Waals surface area contributed by atoms with E-state index in [0.29, 0.717) is 0 Å². The quantitative estimate of drug-likeness (QED) is 0.620. The monoisotopic (exact) mass is 215 g/mol. The molecule has 3 rings (SSSR count). The van der Waals surface area contributed by atoms with Gasteiger partial charge in [0.2, 0.25) is 0 Å². The molecule has 0 aliphatic carbocycles. The predicted molar refractivity (Wildman–Crippen MR) is 63.7 cm³/mol. The molecular weight excluding hydrogens is 206 g/mol. The van der Waals surface area contributed by atoms with E-state index < -0.39 is 0 Å². The van der Waals surface area contributed by atoms with Crippen LogP contribution in [0, 0.1) is 0 Å². The van der Waals surface area contributed by atoms with Gasteiger partial charge in [0, 0.05) is 5.39 Å². The average Bonchev–Trinajstić information content (AvgIpc) is 2.76. The number of hydrogen-bond acceptors (Lipinski definition) is 3. The molecule has 74 valence electrons. The van der Waals surface area contributed by atoms with Crippen LogP contribution in [0.1, 0.15) is 0 Å². The summed E-state index contributed by atoms with van der Waals surface area (Å²) in [4.78, 5) is 4.38. The highest BCUT2D eigenvalue weighted by Crippen LogP contribution is 2.29.